The molecule has 2 rings (SSSR count). The fourth-order valence-corrected chi connectivity index (χ4v) is 5.39. The van der Waals surface area contributed by atoms with Crippen LogP contribution in [0.2, 0.25) is 0 Å². The predicted octanol–water partition coefficient (Wildman–Crippen LogP) is 10.8. The Hall–Kier alpha value is -3.34. The summed E-state index contributed by atoms with van der Waals surface area (Å²) in [6.07, 6.45) is 32.2. The van der Waals surface area contributed by atoms with Crippen LogP contribution in [0.15, 0.2) is 130 Å². The molecule has 2 aliphatic carbocycles. The van der Waals surface area contributed by atoms with Crippen LogP contribution in [0.3, 0.4) is 0 Å². The average Bonchev–Trinajstić information content (AvgIpc) is 2.84. The Morgan fingerprint density at radius 2 is 1.37 bits per heavy atom. The van der Waals surface area contributed by atoms with Gasteiger partial charge in [0.1, 0.15) is 0 Å². The van der Waals surface area contributed by atoms with Crippen molar-refractivity contribution in [2.24, 2.45) is 10.8 Å². The molecule has 0 fully saturated rings. The molecular formula is C40H52O. The Bertz CT molecular complexity index is 1350. The first-order valence-electron chi connectivity index (χ1n) is 14.9. The zero-order chi connectivity index (χ0) is 30.6. The van der Waals surface area contributed by atoms with Gasteiger partial charge in [-0.1, -0.05) is 147 Å². The van der Waals surface area contributed by atoms with Crippen molar-refractivity contribution in [1.82, 2.24) is 0 Å². The molecule has 0 saturated heterocycles. The summed E-state index contributed by atoms with van der Waals surface area (Å²) in [5, 5.41) is 10.1. The lowest BCUT2D eigenvalue weighted by Gasteiger charge is -2.35. The number of aliphatic hydroxyl groups is 1. The molecule has 1 N–H and O–H groups in total. The maximum atomic E-state index is 10.1. The molecule has 0 aromatic carbocycles. The van der Waals surface area contributed by atoms with Gasteiger partial charge < -0.3 is 5.11 Å². The van der Waals surface area contributed by atoms with Gasteiger partial charge in [0, 0.05) is 11.0 Å². The summed E-state index contributed by atoms with van der Waals surface area (Å²) in [5.74, 6) is 6.75. The molecule has 1 atom stereocenters. The molecule has 1 nitrogen and oxygen atoms in total. The van der Waals surface area contributed by atoms with Crippen LogP contribution in [0, 0.1) is 22.7 Å². The molecule has 0 unspecified atom stereocenters. The third kappa shape index (κ3) is 11.6. The lowest BCUT2D eigenvalue weighted by Crippen LogP contribution is -2.28. The molecule has 0 aliphatic heterocycles. The van der Waals surface area contributed by atoms with Gasteiger partial charge in [-0.3, -0.25) is 0 Å². The second kappa shape index (κ2) is 15.6. The van der Waals surface area contributed by atoms with Crippen molar-refractivity contribution in [2.75, 3.05) is 0 Å². The lowest BCUT2D eigenvalue weighted by molar-refractivity contribution is 0.116. The molecule has 218 valence electrons. The van der Waals surface area contributed by atoms with E-state index in [1.54, 1.807) is 0 Å². The smallest absolute Gasteiger partial charge is 0.0585 e. The quantitative estimate of drug-likeness (QED) is 0.236. The maximum absolute atomic E-state index is 10.1. The summed E-state index contributed by atoms with van der Waals surface area (Å²) in [6.45, 7) is 21.7. The van der Waals surface area contributed by atoms with Crippen LogP contribution < -0.4 is 0 Å². The largest absolute Gasteiger partial charge is 0.393 e. The fraction of sp³-hybridized carbons (Fsp3) is 0.400. The highest BCUT2D eigenvalue weighted by Crippen LogP contribution is 2.41. The molecule has 0 aromatic rings. The summed E-state index contributed by atoms with van der Waals surface area (Å²) < 4.78 is 0. The Balaban J connectivity index is 1.91. The molecule has 1 heteroatoms. The number of aliphatic hydroxyl groups excluding tert-OH is 1. The van der Waals surface area contributed by atoms with Crippen molar-refractivity contribution >= 4 is 0 Å². The van der Waals surface area contributed by atoms with E-state index >= 15 is 0 Å². The van der Waals surface area contributed by atoms with Crippen molar-refractivity contribution < 1.29 is 5.11 Å². The first-order valence-corrected chi connectivity index (χ1v) is 14.9. The zero-order valence-corrected chi connectivity index (χ0v) is 27.2. The van der Waals surface area contributed by atoms with Gasteiger partial charge >= 0.3 is 0 Å². The van der Waals surface area contributed by atoms with Gasteiger partial charge in [0.05, 0.1) is 6.10 Å². The minimum Gasteiger partial charge on any atom is -0.393 e. The van der Waals surface area contributed by atoms with Crippen LogP contribution in [0.1, 0.15) is 88.5 Å². The van der Waals surface area contributed by atoms with Gasteiger partial charge in [-0.15, -0.1) is 0 Å². The minimum atomic E-state index is -0.224. The van der Waals surface area contributed by atoms with Crippen LogP contribution in [0.4, 0.5) is 0 Å². The van der Waals surface area contributed by atoms with Crippen LogP contribution in [0.25, 0.3) is 0 Å². The van der Waals surface area contributed by atoms with E-state index in [1.807, 2.05) is 0 Å². The van der Waals surface area contributed by atoms with Gasteiger partial charge in [0.25, 0.3) is 0 Å². The summed E-state index contributed by atoms with van der Waals surface area (Å²) in [6, 6.07) is 0. The van der Waals surface area contributed by atoms with E-state index in [0.717, 1.165) is 24.8 Å². The SMILES string of the molecule is CC1=C(C#C/C(C)=C/C=C/C(C)=C/C=C/C=C(C)/C=C/C=C(C)/C=C/C2=C(C)C[C@@H](O)CC2(C)C)C(C)(C)CC=C1. The van der Waals surface area contributed by atoms with E-state index in [9.17, 15) is 5.11 Å². The number of rotatable bonds is 8. The van der Waals surface area contributed by atoms with E-state index < -0.39 is 0 Å². The highest BCUT2D eigenvalue weighted by Gasteiger charge is 2.31. The number of hydrogen-bond donors (Lipinski definition) is 1. The van der Waals surface area contributed by atoms with Crippen molar-refractivity contribution in [3.63, 3.8) is 0 Å². The Labute approximate surface area is 251 Å². The monoisotopic (exact) mass is 548 g/mol. The second-order valence-electron chi connectivity index (χ2n) is 13.0. The van der Waals surface area contributed by atoms with Gasteiger partial charge in [-0.25, -0.2) is 0 Å². The summed E-state index contributed by atoms with van der Waals surface area (Å²) >= 11 is 0. The third-order valence-corrected chi connectivity index (χ3v) is 7.69. The molecule has 0 heterocycles. The second-order valence-corrected chi connectivity index (χ2v) is 13.0. The molecule has 0 saturated carbocycles. The number of allylic oxidation sites excluding steroid dienone is 21. The van der Waals surface area contributed by atoms with Crippen LogP contribution in [0.5, 0.6) is 0 Å². The van der Waals surface area contributed by atoms with E-state index in [4.69, 9.17) is 0 Å². The van der Waals surface area contributed by atoms with Crippen LogP contribution in [-0.2, 0) is 0 Å². The molecule has 41 heavy (non-hydrogen) atoms. The highest BCUT2D eigenvalue weighted by atomic mass is 16.3. The van der Waals surface area contributed by atoms with Gasteiger partial charge in [-0.2, -0.15) is 0 Å². The summed E-state index contributed by atoms with van der Waals surface area (Å²) in [7, 11) is 0. The van der Waals surface area contributed by atoms with Crippen LogP contribution in [-0.4, -0.2) is 11.2 Å². The normalized spacial score (nSPS) is 22.6. The van der Waals surface area contributed by atoms with Crippen molar-refractivity contribution in [2.45, 2.75) is 94.6 Å². The predicted molar refractivity (Wildman–Crippen MR) is 181 cm³/mol. The van der Waals surface area contributed by atoms with Crippen molar-refractivity contribution in [3.8, 4) is 11.8 Å². The van der Waals surface area contributed by atoms with E-state index in [1.165, 1.54) is 39.0 Å². The Morgan fingerprint density at radius 3 is 1.95 bits per heavy atom. The molecule has 0 spiro atoms. The summed E-state index contributed by atoms with van der Waals surface area (Å²) in [5.41, 5.74) is 9.92. The Morgan fingerprint density at radius 1 is 0.805 bits per heavy atom. The van der Waals surface area contributed by atoms with Gasteiger partial charge in [0.15, 0.2) is 0 Å². The highest BCUT2D eigenvalue weighted by molar-refractivity contribution is 5.48. The lowest BCUT2D eigenvalue weighted by atomic mass is 9.71. The molecule has 0 radical (unpaired) electrons. The molecule has 0 aromatic heterocycles. The van der Waals surface area contributed by atoms with Crippen molar-refractivity contribution in [1.29, 1.82) is 0 Å². The molecular weight excluding hydrogens is 496 g/mol. The Kier molecular flexibility index (Phi) is 12.9. The summed E-state index contributed by atoms with van der Waals surface area (Å²) in [4.78, 5) is 0. The third-order valence-electron chi connectivity index (χ3n) is 7.69. The van der Waals surface area contributed by atoms with E-state index in [-0.39, 0.29) is 16.9 Å². The van der Waals surface area contributed by atoms with E-state index in [0.29, 0.717) is 0 Å². The first-order chi connectivity index (χ1) is 19.2. The van der Waals surface area contributed by atoms with Crippen molar-refractivity contribution in [3.05, 3.63) is 130 Å². The number of hydrogen-bond acceptors (Lipinski definition) is 1. The average molecular weight is 549 g/mol. The first kappa shape index (κ1) is 33.9. The standard InChI is InChI=1S/C40H52O/c1-30(18-13-20-32(3)23-25-37-34(5)22-15-27-39(37,7)8)16-11-12-17-31(2)19-14-21-33(4)24-26-38-35(6)28-36(41)29-40(38,9)10/h11-22,24,26,36,41H,27-29H2,1-10H3/b12-11+,18-13+,19-14+,26-24+,30-16+,31-17+,32-20+,33-21+/t36-/m1/s1. The molecule has 2 aliphatic rings. The fourth-order valence-electron chi connectivity index (χ4n) is 5.39. The topological polar surface area (TPSA) is 20.2 Å². The van der Waals surface area contributed by atoms with Gasteiger partial charge in [-0.05, 0) is 82.9 Å². The molecule has 0 bridgehead atoms. The van der Waals surface area contributed by atoms with Crippen LogP contribution >= 0.6 is 0 Å². The molecule has 0 amide bonds. The van der Waals surface area contributed by atoms with Gasteiger partial charge in [0.2, 0.25) is 0 Å². The minimum absolute atomic E-state index is 0.00833. The maximum Gasteiger partial charge on any atom is 0.0585 e. The van der Waals surface area contributed by atoms with E-state index in [2.05, 4.69) is 166 Å². The zero-order valence-electron chi connectivity index (χ0n) is 27.2.